The van der Waals surface area contributed by atoms with Gasteiger partial charge in [0.15, 0.2) is 0 Å². The molecule has 0 spiro atoms. The fourth-order valence-electron chi connectivity index (χ4n) is 2.14. The highest BCUT2D eigenvalue weighted by molar-refractivity contribution is 4.77. The van der Waals surface area contributed by atoms with Crippen molar-refractivity contribution >= 4 is 0 Å². The number of alkyl halides is 3. The molecule has 102 valence electrons. The van der Waals surface area contributed by atoms with E-state index >= 15 is 0 Å². The van der Waals surface area contributed by atoms with Crippen LogP contribution in [0.4, 0.5) is 13.2 Å². The Labute approximate surface area is 100 Å². The summed E-state index contributed by atoms with van der Waals surface area (Å²) in [7, 11) is 0. The Morgan fingerprint density at radius 2 is 1.76 bits per heavy atom. The predicted molar refractivity (Wildman–Crippen MR) is 59.8 cm³/mol. The van der Waals surface area contributed by atoms with Gasteiger partial charge in [-0.3, -0.25) is 4.90 Å². The van der Waals surface area contributed by atoms with Crippen LogP contribution in [0.25, 0.3) is 0 Å². The van der Waals surface area contributed by atoms with E-state index in [0.717, 1.165) is 19.5 Å². The molecule has 0 unspecified atom stereocenters. The van der Waals surface area contributed by atoms with E-state index in [1.54, 1.807) is 0 Å². The third kappa shape index (κ3) is 5.23. The molecule has 1 aliphatic heterocycles. The monoisotopic (exact) mass is 254 g/mol. The number of piperazine rings is 1. The SMILES string of the molecule is CC[C@H](CO)N1CCN(CCC(F)(F)F)CC1. The van der Waals surface area contributed by atoms with Gasteiger partial charge in [0, 0.05) is 38.8 Å². The number of nitrogens with zero attached hydrogens (tertiary/aromatic N) is 2. The lowest BCUT2D eigenvalue weighted by Crippen LogP contribution is -2.51. The molecule has 0 radical (unpaired) electrons. The zero-order valence-electron chi connectivity index (χ0n) is 10.2. The van der Waals surface area contributed by atoms with Gasteiger partial charge in [0.1, 0.15) is 0 Å². The maximum absolute atomic E-state index is 12.1. The van der Waals surface area contributed by atoms with Crippen LogP contribution in [0, 0.1) is 0 Å². The summed E-state index contributed by atoms with van der Waals surface area (Å²) in [5.41, 5.74) is 0. The molecule has 0 aliphatic carbocycles. The lowest BCUT2D eigenvalue weighted by atomic mass is 10.1. The number of aliphatic hydroxyl groups excluding tert-OH is 1. The van der Waals surface area contributed by atoms with Crippen molar-refractivity contribution in [2.45, 2.75) is 32.0 Å². The van der Waals surface area contributed by atoms with Crippen molar-refractivity contribution < 1.29 is 18.3 Å². The quantitative estimate of drug-likeness (QED) is 0.801. The first-order valence-electron chi connectivity index (χ1n) is 6.10. The Morgan fingerprint density at radius 3 is 2.18 bits per heavy atom. The minimum absolute atomic E-state index is 0.0905. The first-order valence-corrected chi connectivity index (χ1v) is 6.10. The molecule has 1 atom stereocenters. The molecule has 0 aromatic carbocycles. The van der Waals surface area contributed by atoms with Crippen LogP contribution in [0.2, 0.25) is 0 Å². The number of aliphatic hydroxyl groups is 1. The van der Waals surface area contributed by atoms with Gasteiger partial charge in [0.25, 0.3) is 0 Å². The van der Waals surface area contributed by atoms with Gasteiger partial charge in [-0.05, 0) is 6.42 Å². The Bertz CT molecular complexity index is 211. The Hall–Kier alpha value is -0.330. The van der Waals surface area contributed by atoms with Crippen LogP contribution in [0.5, 0.6) is 0 Å². The normalized spacial score (nSPS) is 21.7. The molecule has 0 amide bonds. The van der Waals surface area contributed by atoms with Crippen LogP contribution >= 0.6 is 0 Å². The van der Waals surface area contributed by atoms with Crippen LogP contribution in [0.3, 0.4) is 0 Å². The molecule has 3 nitrogen and oxygen atoms in total. The Morgan fingerprint density at radius 1 is 1.18 bits per heavy atom. The second kappa shape index (κ2) is 6.56. The molecule has 1 fully saturated rings. The number of hydrogen-bond acceptors (Lipinski definition) is 3. The maximum atomic E-state index is 12.1. The highest BCUT2D eigenvalue weighted by atomic mass is 19.4. The highest BCUT2D eigenvalue weighted by Gasteiger charge is 2.29. The van der Waals surface area contributed by atoms with Gasteiger partial charge in [-0.15, -0.1) is 0 Å². The van der Waals surface area contributed by atoms with E-state index in [2.05, 4.69) is 4.90 Å². The molecule has 6 heteroatoms. The summed E-state index contributed by atoms with van der Waals surface area (Å²) in [5, 5.41) is 9.15. The van der Waals surface area contributed by atoms with Crippen molar-refractivity contribution in [3.8, 4) is 0 Å². The van der Waals surface area contributed by atoms with Gasteiger partial charge in [0.05, 0.1) is 13.0 Å². The molecule has 1 heterocycles. The third-order valence-electron chi connectivity index (χ3n) is 3.32. The molecule has 1 N–H and O–H groups in total. The molecule has 0 saturated carbocycles. The average molecular weight is 254 g/mol. The van der Waals surface area contributed by atoms with Crippen molar-refractivity contribution in [2.75, 3.05) is 39.3 Å². The summed E-state index contributed by atoms with van der Waals surface area (Å²) in [6, 6.07) is 0.153. The van der Waals surface area contributed by atoms with E-state index in [1.807, 2.05) is 11.8 Å². The number of halogens is 3. The standard InChI is InChI=1S/C11H21F3N2O/c1-2-10(9-17)16-7-5-15(6-8-16)4-3-11(12,13)14/h10,17H,2-9H2,1H3/t10-/m1/s1. The Kier molecular flexibility index (Phi) is 5.69. The largest absolute Gasteiger partial charge is 0.395 e. The van der Waals surface area contributed by atoms with Crippen molar-refractivity contribution in [1.29, 1.82) is 0 Å². The third-order valence-corrected chi connectivity index (χ3v) is 3.32. The smallest absolute Gasteiger partial charge is 0.390 e. The lowest BCUT2D eigenvalue weighted by Gasteiger charge is -2.38. The maximum Gasteiger partial charge on any atom is 0.390 e. The Balaban J connectivity index is 2.26. The van der Waals surface area contributed by atoms with Gasteiger partial charge < -0.3 is 10.0 Å². The summed E-state index contributed by atoms with van der Waals surface area (Å²) < 4.78 is 36.2. The lowest BCUT2D eigenvalue weighted by molar-refractivity contribution is -0.139. The number of rotatable bonds is 5. The van der Waals surface area contributed by atoms with Gasteiger partial charge in [-0.25, -0.2) is 0 Å². The number of hydrogen-bond donors (Lipinski definition) is 1. The molecule has 1 rings (SSSR count). The van der Waals surface area contributed by atoms with E-state index in [9.17, 15) is 13.2 Å². The fourth-order valence-corrected chi connectivity index (χ4v) is 2.14. The van der Waals surface area contributed by atoms with Gasteiger partial charge in [-0.1, -0.05) is 6.92 Å². The summed E-state index contributed by atoms with van der Waals surface area (Å²) in [4.78, 5) is 4.00. The molecule has 0 aromatic heterocycles. The summed E-state index contributed by atoms with van der Waals surface area (Å²) in [5.74, 6) is 0. The second-order valence-electron chi connectivity index (χ2n) is 4.49. The topological polar surface area (TPSA) is 26.7 Å². The van der Waals surface area contributed by atoms with E-state index in [-0.39, 0.29) is 19.2 Å². The van der Waals surface area contributed by atoms with E-state index in [1.165, 1.54) is 0 Å². The van der Waals surface area contributed by atoms with Crippen LogP contribution in [-0.2, 0) is 0 Å². The van der Waals surface area contributed by atoms with E-state index in [0.29, 0.717) is 13.1 Å². The first-order chi connectivity index (χ1) is 7.96. The van der Waals surface area contributed by atoms with Crippen molar-refractivity contribution in [3.63, 3.8) is 0 Å². The summed E-state index contributed by atoms with van der Waals surface area (Å²) in [6.07, 6.45) is -3.92. The van der Waals surface area contributed by atoms with Gasteiger partial charge in [0.2, 0.25) is 0 Å². The average Bonchev–Trinajstić information content (AvgIpc) is 2.29. The van der Waals surface area contributed by atoms with Crippen LogP contribution in [-0.4, -0.2) is 66.5 Å². The minimum atomic E-state index is -4.06. The van der Waals surface area contributed by atoms with E-state index < -0.39 is 12.6 Å². The zero-order valence-corrected chi connectivity index (χ0v) is 10.2. The molecule has 1 saturated heterocycles. The molecule has 0 aromatic rings. The van der Waals surface area contributed by atoms with Crippen molar-refractivity contribution in [2.24, 2.45) is 0 Å². The fraction of sp³-hybridized carbons (Fsp3) is 1.00. The first kappa shape index (κ1) is 14.7. The minimum Gasteiger partial charge on any atom is -0.395 e. The zero-order chi connectivity index (χ0) is 12.9. The highest BCUT2D eigenvalue weighted by Crippen LogP contribution is 2.20. The molecule has 1 aliphatic rings. The molecular formula is C11H21F3N2O. The van der Waals surface area contributed by atoms with E-state index in [4.69, 9.17) is 5.11 Å². The molecule has 17 heavy (non-hydrogen) atoms. The van der Waals surface area contributed by atoms with Crippen LogP contribution < -0.4 is 0 Å². The van der Waals surface area contributed by atoms with Gasteiger partial charge in [-0.2, -0.15) is 13.2 Å². The van der Waals surface area contributed by atoms with Crippen molar-refractivity contribution in [3.05, 3.63) is 0 Å². The van der Waals surface area contributed by atoms with Gasteiger partial charge >= 0.3 is 6.18 Å². The summed E-state index contributed by atoms with van der Waals surface area (Å²) in [6.45, 7) is 5.04. The second-order valence-corrected chi connectivity index (χ2v) is 4.49. The summed E-state index contributed by atoms with van der Waals surface area (Å²) >= 11 is 0. The molecule has 0 bridgehead atoms. The van der Waals surface area contributed by atoms with Crippen molar-refractivity contribution in [1.82, 2.24) is 9.80 Å². The predicted octanol–water partition coefficient (Wildman–Crippen LogP) is 1.33. The van der Waals surface area contributed by atoms with Crippen LogP contribution in [0.15, 0.2) is 0 Å². The van der Waals surface area contributed by atoms with Crippen LogP contribution in [0.1, 0.15) is 19.8 Å². The molecular weight excluding hydrogens is 233 g/mol.